The summed E-state index contributed by atoms with van der Waals surface area (Å²) in [5.41, 5.74) is 1.02. The van der Waals surface area contributed by atoms with E-state index in [1.165, 1.54) is 17.8 Å². The van der Waals surface area contributed by atoms with Gasteiger partial charge in [-0.2, -0.15) is 0 Å². The highest BCUT2D eigenvalue weighted by atomic mass is 32.2. The molecule has 1 heterocycles. The molecule has 0 fully saturated rings. The van der Waals surface area contributed by atoms with Crippen LogP contribution in [0.1, 0.15) is 62.7 Å². The highest BCUT2D eigenvalue weighted by Gasteiger charge is 2.42. The Bertz CT molecular complexity index is 1090. The van der Waals surface area contributed by atoms with E-state index in [-0.39, 0.29) is 22.0 Å². The van der Waals surface area contributed by atoms with Crippen LogP contribution in [-0.2, 0) is 9.84 Å². The second kappa shape index (κ2) is 10.4. The van der Waals surface area contributed by atoms with E-state index in [0.29, 0.717) is 17.1 Å². The molecule has 33 heavy (non-hydrogen) atoms. The van der Waals surface area contributed by atoms with Crippen molar-refractivity contribution >= 4 is 38.9 Å². The lowest BCUT2D eigenvalue weighted by molar-refractivity contribution is 0.0697. The number of aromatic hydroxyl groups is 1. The number of carboxylic acid groups (broad SMARTS) is 1. The molecule has 2 aromatic carbocycles. The van der Waals surface area contributed by atoms with Gasteiger partial charge in [-0.3, -0.25) is 0 Å². The molecule has 1 aliphatic rings. The van der Waals surface area contributed by atoms with Crippen molar-refractivity contribution in [2.24, 2.45) is 5.41 Å². The van der Waals surface area contributed by atoms with E-state index < -0.39 is 21.2 Å². The van der Waals surface area contributed by atoms with Crippen LogP contribution in [0.25, 0.3) is 0 Å². The molecule has 0 aliphatic carbocycles. The summed E-state index contributed by atoms with van der Waals surface area (Å²) in [4.78, 5) is 14.1. The monoisotopic (exact) mass is 491 g/mol. The Morgan fingerprint density at radius 3 is 2.21 bits per heavy atom. The van der Waals surface area contributed by atoms with Crippen molar-refractivity contribution in [3.05, 3.63) is 42.0 Å². The van der Waals surface area contributed by atoms with Gasteiger partial charge in [-0.05, 0) is 49.4 Å². The van der Waals surface area contributed by atoms with Gasteiger partial charge in [0.25, 0.3) is 0 Å². The van der Waals surface area contributed by atoms with Gasteiger partial charge in [0.1, 0.15) is 5.75 Å². The molecule has 0 unspecified atom stereocenters. The Morgan fingerprint density at radius 1 is 1.09 bits per heavy atom. The predicted octanol–water partition coefficient (Wildman–Crippen LogP) is 6.10. The minimum atomic E-state index is -3.66. The lowest BCUT2D eigenvalue weighted by Gasteiger charge is -2.37. The van der Waals surface area contributed by atoms with E-state index in [0.717, 1.165) is 44.2 Å². The van der Waals surface area contributed by atoms with E-state index in [1.807, 2.05) is 11.2 Å². The molecule has 0 aromatic heterocycles. The quantitative estimate of drug-likeness (QED) is 0.409. The van der Waals surface area contributed by atoms with Gasteiger partial charge in [-0.25, -0.2) is 13.2 Å². The van der Waals surface area contributed by atoms with Gasteiger partial charge < -0.3 is 15.1 Å². The first-order chi connectivity index (χ1) is 15.7. The van der Waals surface area contributed by atoms with Crippen molar-refractivity contribution in [2.75, 3.05) is 23.5 Å². The molecule has 0 amide bonds. The Morgan fingerprint density at radius 2 is 1.70 bits per heavy atom. The van der Waals surface area contributed by atoms with Crippen molar-refractivity contribution in [1.29, 1.82) is 0 Å². The second-order valence-electron chi connectivity index (χ2n) is 8.90. The fourth-order valence-electron chi connectivity index (χ4n) is 4.65. The predicted molar refractivity (Wildman–Crippen MR) is 134 cm³/mol. The molecule has 6 nitrogen and oxygen atoms in total. The van der Waals surface area contributed by atoms with Crippen LogP contribution in [0.2, 0.25) is 0 Å². The largest absolute Gasteiger partial charge is 0.507 e. The van der Waals surface area contributed by atoms with Crippen molar-refractivity contribution in [2.45, 2.75) is 62.2 Å². The summed E-state index contributed by atoms with van der Waals surface area (Å²) in [7, 11) is -3.66. The molecule has 8 heteroatoms. The second-order valence-corrected chi connectivity index (χ2v) is 11.7. The number of carboxylic acids is 1. The number of hydrogen-bond donors (Lipinski definition) is 2. The summed E-state index contributed by atoms with van der Waals surface area (Å²) in [6.07, 6.45) is 7.25. The van der Waals surface area contributed by atoms with Crippen LogP contribution in [0.3, 0.4) is 0 Å². The molecule has 0 bridgehead atoms. The fourth-order valence-corrected chi connectivity index (χ4v) is 7.27. The summed E-state index contributed by atoms with van der Waals surface area (Å²) < 4.78 is 27.4. The van der Waals surface area contributed by atoms with Gasteiger partial charge in [-0.15, -0.1) is 11.8 Å². The van der Waals surface area contributed by atoms with Crippen LogP contribution in [0.4, 0.5) is 11.4 Å². The van der Waals surface area contributed by atoms with E-state index in [9.17, 15) is 23.4 Å². The number of sulfone groups is 1. The van der Waals surface area contributed by atoms with E-state index >= 15 is 0 Å². The average molecular weight is 492 g/mol. The number of thioether (sulfide) groups is 1. The van der Waals surface area contributed by atoms with Crippen LogP contribution in [0, 0.1) is 5.41 Å². The minimum Gasteiger partial charge on any atom is -0.507 e. The number of phenolic OH excluding ortho intramolecular Hbond substituents is 1. The molecule has 180 valence electrons. The minimum absolute atomic E-state index is 0.0365. The van der Waals surface area contributed by atoms with Crippen LogP contribution in [0.5, 0.6) is 5.75 Å². The molecule has 1 aliphatic heterocycles. The topological polar surface area (TPSA) is 94.9 Å². The SMILES string of the molecule is CCCCC1(CCCC)CN(c2ccc(C(=O)O)cc2)c2cc(SC)c(O)cc2S(=O)(=O)C1. The van der Waals surface area contributed by atoms with Gasteiger partial charge >= 0.3 is 5.97 Å². The average Bonchev–Trinajstić information content (AvgIpc) is 2.88. The Labute approximate surface area is 200 Å². The highest BCUT2D eigenvalue weighted by Crippen LogP contribution is 2.47. The third kappa shape index (κ3) is 5.49. The number of unbranched alkanes of at least 4 members (excludes halogenated alkanes) is 2. The summed E-state index contributed by atoms with van der Waals surface area (Å²) in [6.45, 7) is 4.74. The first-order valence-electron chi connectivity index (χ1n) is 11.4. The zero-order valence-electron chi connectivity index (χ0n) is 19.5. The zero-order valence-corrected chi connectivity index (χ0v) is 21.1. The maximum Gasteiger partial charge on any atom is 0.335 e. The normalized spacial score (nSPS) is 16.8. The maximum atomic E-state index is 13.7. The molecule has 2 N–H and O–H groups in total. The molecule has 0 spiro atoms. The maximum absolute atomic E-state index is 13.7. The smallest absolute Gasteiger partial charge is 0.335 e. The molecule has 0 saturated carbocycles. The summed E-state index contributed by atoms with van der Waals surface area (Å²) in [6, 6.07) is 9.69. The lowest BCUT2D eigenvalue weighted by Crippen LogP contribution is -2.38. The standard InChI is InChI=1S/C25H33NO5S2/c1-4-6-12-25(13-7-5-2)16-26(19-10-8-18(9-11-19)24(28)29)20-14-22(32-3)21(27)15-23(20)33(30,31)17-25/h8-11,14-15,27H,4-7,12-13,16-17H2,1-3H3,(H,28,29). The fraction of sp³-hybridized carbons (Fsp3) is 0.480. The van der Waals surface area contributed by atoms with Gasteiger partial charge in [0, 0.05) is 23.7 Å². The van der Waals surface area contributed by atoms with E-state index in [2.05, 4.69) is 13.8 Å². The Balaban J connectivity index is 2.24. The number of nitrogens with zero attached hydrogens (tertiary/aromatic N) is 1. The van der Waals surface area contributed by atoms with Crippen molar-refractivity contribution in [3.63, 3.8) is 0 Å². The molecule has 2 aromatic rings. The van der Waals surface area contributed by atoms with Gasteiger partial charge in [0.05, 0.1) is 26.8 Å². The van der Waals surface area contributed by atoms with Crippen LogP contribution >= 0.6 is 11.8 Å². The van der Waals surface area contributed by atoms with Gasteiger partial charge in [-0.1, -0.05) is 39.5 Å². The number of hydrogen-bond acceptors (Lipinski definition) is 6. The highest BCUT2D eigenvalue weighted by molar-refractivity contribution is 7.98. The third-order valence-corrected chi connectivity index (χ3v) is 9.18. The molecular formula is C25H33NO5S2. The van der Waals surface area contributed by atoms with E-state index in [4.69, 9.17) is 0 Å². The Kier molecular flexibility index (Phi) is 8.00. The summed E-state index contributed by atoms with van der Waals surface area (Å²) in [5.74, 6) is -1.01. The van der Waals surface area contributed by atoms with Gasteiger partial charge in [0.15, 0.2) is 9.84 Å². The number of carbonyl (C=O) groups is 1. The van der Waals surface area contributed by atoms with Crippen molar-refractivity contribution in [1.82, 2.24) is 0 Å². The van der Waals surface area contributed by atoms with E-state index in [1.54, 1.807) is 30.3 Å². The number of benzene rings is 2. The summed E-state index contributed by atoms with van der Waals surface area (Å²) in [5, 5.41) is 19.8. The molecule has 0 radical (unpaired) electrons. The lowest BCUT2D eigenvalue weighted by atomic mass is 9.79. The number of fused-ring (bicyclic) bond motifs is 1. The number of anilines is 2. The first kappa shape index (κ1) is 25.4. The Hall–Kier alpha value is -2.19. The molecule has 0 saturated heterocycles. The number of phenols is 1. The van der Waals surface area contributed by atoms with Crippen molar-refractivity contribution < 1.29 is 23.4 Å². The number of aromatic carboxylic acids is 1. The van der Waals surface area contributed by atoms with Gasteiger partial charge in [0.2, 0.25) is 0 Å². The molecular weight excluding hydrogens is 458 g/mol. The molecule has 3 rings (SSSR count). The third-order valence-electron chi connectivity index (χ3n) is 6.42. The first-order valence-corrected chi connectivity index (χ1v) is 14.3. The van der Waals surface area contributed by atoms with Crippen LogP contribution in [-0.4, -0.2) is 43.2 Å². The number of rotatable bonds is 9. The van der Waals surface area contributed by atoms with Crippen molar-refractivity contribution in [3.8, 4) is 5.75 Å². The van der Waals surface area contributed by atoms with Crippen LogP contribution in [0.15, 0.2) is 46.2 Å². The van der Waals surface area contributed by atoms with Crippen LogP contribution < -0.4 is 4.90 Å². The molecule has 0 atom stereocenters. The zero-order chi connectivity index (χ0) is 24.2. The summed E-state index contributed by atoms with van der Waals surface area (Å²) >= 11 is 1.36.